The van der Waals surface area contributed by atoms with Crippen LogP contribution in [0, 0.1) is 0 Å². The maximum atomic E-state index is 10.9. The number of Topliss-reactive ketones (excluding diaryl/α,β-unsaturated/α-hetero) is 1. The summed E-state index contributed by atoms with van der Waals surface area (Å²) in [5.74, 6) is -3.12. The molecule has 0 radical (unpaired) electrons. The van der Waals surface area contributed by atoms with Crippen molar-refractivity contribution in [3.63, 3.8) is 0 Å². The predicted octanol–water partition coefficient (Wildman–Crippen LogP) is -0.546. The van der Waals surface area contributed by atoms with E-state index >= 15 is 0 Å². The molecule has 1 N–H and O–H groups in total. The van der Waals surface area contributed by atoms with Crippen molar-refractivity contribution in [3.05, 3.63) is 0 Å². The first-order chi connectivity index (χ1) is 3.18. The van der Waals surface area contributed by atoms with Crippen LogP contribution < -0.4 is 0 Å². The summed E-state index contributed by atoms with van der Waals surface area (Å²) in [5, 5.41) is 7.59. The van der Waals surface area contributed by atoms with Crippen molar-refractivity contribution in [2.24, 2.45) is 0 Å². The number of halogens is 1. The zero-order valence-corrected chi connectivity index (χ0v) is 6.26. The van der Waals surface area contributed by atoms with Gasteiger partial charge in [0.1, 0.15) is 0 Å². The quantitative estimate of drug-likeness (QED) is 0.422. The summed E-state index contributed by atoms with van der Waals surface area (Å²) in [5.41, 5.74) is 0. The van der Waals surface area contributed by atoms with Crippen molar-refractivity contribution in [2.75, 3.05) is 6.67 Å². The van der Waals surface area contributed by atoms with E-state index in [0.717, 1.165) is 0 Å². The molecule has 0 aliphatic rings. The molecule has 0 aromatic rings. The fourth-order valence-corrected chi connectivity index (χ4v) is 0.0572. The molecule has 0 fully saturated rings. The Morgan fingerprint density at radius 3 is 2.00 bits per heavy atom. The molecule has 0 aliphatic heterocycles. The van der Waals surface area contributed by atoms with Crippen LogP contribution in [0.25, 0.3) is 0 Å². The molecule has 0 unspecified atom stereocenters. The van der Waals surface area contributed by atoms with Gasteiger partial charge in [-0.2, -0.15) is 0 Å². The minimum absolute atomic E-state index is 0. The second kappa shape index (κ2) is 5.47. The van der Waals surface area contributed by atoms with E-state index in [9.17, 15) is 14.0 Å². The fraction of sp³-hybridized carbons (Fsp3) is 0.333. The fourth-order valence-electron chi connectivity index (χ4n) is 0.0572. The Hall–Kier alpha value is 0.330. The van der Waals surface area contributed by atoms with Crippen LogP contribution in [0.4, 0.5) is 4.39 Å². The molecule has 0 atom stereocenters. The third-order valence-electron chi connectivity index (χ3n) is 0.360. The van der Waals surface area contributed by atoms with Gasteiger partial charge in [-0.15, -0.1) is 0 Å². The topological polar surface area (TPSA) is 54.4 Å². The van der Waals surface area contributed by atoms with Gasteiger partial charge in [-0.05, 0) is 0 Å². The average molecular weight is 148 g/mol. The second-order valence-corrected chi connectivity index (χ2v) is 0.862. The molecule has 8 heavy (non-hydrogen) atoms. The number of rotatable bonds is 2. The molecule has 0 amide bonds. The van der Waals surface area contributed by atoms with E-state index in [2.05, 4.69) is 0 Å². The van der Waals surface area contributed by atoms with E-state index in [4.69, 9.17) is 5.11 Å². The first-order valence-corrected chi connectivity index (χ1v) is 1.50. The molecule has 0 aromatic heterocycles. The molecule has 0 saturated carbocycles. The minimum Gasteiger partial charge on any atom is -1.00 e. The summed E-state index contributed by atoms with van der Waals surface area (Å²) >= 11 is 0. The third kappa shape index (κ3) is 4.49. The molecule has 0 aliphatic carbocycles. The molecule has 5 heteroatoms. The van der Waals surface area contributed by atoms with E-state index in [1.165, 1.54) is 0 Å². The normalized spacial score (nSPS) is 7.12. The Bertz CT molecular complexity index is 110. The van der Waals surface area contributed by atoms with Crippen LogP contribution >= 0.6 is 0 Å². The van der Waals surface area contributed by atoms with E-state index in [0.29, 0.717) is 0 Å². The van der Waals surface area contributed by atoms with Gasteiger partial charge in [-0.3, -0.25) is 4.79 Å². The van der Waals surface area contributed by atoms with E-state index in [1.807, 2.05) is 0 Å². The van der Waals surface area contributed by atoms with Crippen molar-refractivity contribution in [1.82, 2.24) is 0 Å². The molecule has 0 heterocycles. The third-order valence-corrected chi connectivity index (χ3v) is 0.360. The number of aliphatic carboxylic acids is 1. The Labute approximate surface area is 77.8 Å². The monoisotopic (exact) mass is 148 g/mol. The molecule has 0 spiro atoms. The average Bonchev–Trinajstić information content (AvgIpc) is 1.65. The van der Waals surface area contributed by atoms with Crippen LogP contribution in [0.5, 0.6) is 0 Å². The van der Waals surface area contributed by atoms with Crippen molar-refractivity contribution in [1.29, 1.82) is 0 Å². The van der Waals surface area contributed by atoms with Crippen LogP contribution in [-0.4, -0.2) is 61.3 Å². The number of hydrogen-bond acceptors (Lipinski definition) is 2. The first kappa shape index (κ1) is 11.2. The van der Waals surface area contributed by atoms with Crippen molar-refractivity contribution >= 4 is 49.5 Å². The van der Waals surface area contributed by atoms with Crippen molar-refractivity contribution < 1.29 is 21.9 Å². The second-order valence-electron chi connectivity index (χ2n) is 0.862. The SMILES string of the molecule is O=C(O)C(=O)CF.[Ca+2].[H-].[H-]. The Morgan fingerprint density at radius 1 is 1.62 bits per heavy atom. The number of carbonyl (C=O) groups excluding carboxylic acids is 1. The summed E-state index contributed by atoms with van der Waals surface area (Å²) < 4.78 is 10.9. The zero-order chi connectivity index (χ0) is 5.86. The minimum atomic E-state index is -1.72. The van der Waals surface area contributed by atoms with Gasteiger partial charge >= 0.3 is 43.7 Å². The first-order valence-electron chi connectivity index (χ1n) is 1.50. The summed E-state index contributed by atoms with van der Waals surface area (Å²) in [4.78, 5) is 18.9. The van der Waals surface area contributed by atoms with Crippen LogP contribution in [0.2, 0.25) is 0 Å². The molecule has 3 nitrogen and oxygen atoms in total. The van der Waals surface area contributed by atoms with Gasteiger partial charge < -0.3 is 7.96 Å². The Kier molecular flexibility index (Phi) is 7.63. The number of carboxylic acids is 1. The van der Waals surface area contributed by atoms with Gasteiger partial charge in [0.15, 0.2) is 6.67 Å². The zero-order valence-electron chi connectivity index (χ0n) is 6.06. The van der Waals surface area contributed by atoms with Crippen LogP contribution in [0.15, 0.2) is 0 Å². The number of alkyl halides is 1. The summed E-state index contributed by atoms with van der Waals surface area (Å²) in [6.07, 6.45) is 0. The van der Waals surface area contributed by atoms with Crippen LogP contribution in [0.1, 0.15) is 2.85 Å². The Morgan fingerprint density at radius 2 is 2.00 bits per heavy atom. The largest absolute Gasteiger partial charge is 2.00 e. The van der Waals surface area contributed by atoms with Gasteiger partial charge in [-0.1, -0.05) is 0 Å². The maximum Gasteiger partial charge on any atom is 2.00 e. The summed E-state index contributed by atoms with van der Waals surface area (Å²) in [6.45, 7) is -1.42. The Balaban J connectivity index is -0.0000000600. The number of hydrogen-bond donors (Lipinski definition) is 1. The van der Waals surface area contributed by atoms with Gasteiger partial charge in [0.05, 0.1) is 0 Å². The molecule has 0 rings (SSSR count). The van der Waals surface area contributed by atoms with E-state index in [-0.39, 0.29) is 40.6 Å². The smallest absolute Gasteiger partial charge is 1.00 e. The van der Waals surface area contributed by atoms with Crippen molar-refractivity contribution in [3.8, 4) is 0 Å². The number of carboxylic acid groups (broad SMARTS) is 1. The maximum absolute atomic E-state index is 10.9. The van der Waals surface area contributed by atoms with Gasteiger partial charge in [0.25, 0.3) is 5.78 Å². The predicted molar refractivity (Wildman–Crippen MR) is 26.6 cm³/mol. The molecular weight excluding hydrogens is 143 g/mol. The number of carbonyl (C=O) groups is 2. The van der Waals surface area contributed by atoms with Gasteiger partial charge in [-0.25, -0.2) is 9.18 Å². The van der Waals surface area contributed by atoms with E-state index < -0.39 is 18.4 Å². The summed E-state index contributed by atoms with van der Waals surface area (Å²) in [6, 6.07) is 0. The standard InChI is InChI=1S/C3H3FO3.Ca.2H/c4-1-2(5)3(6)7;;;/h1H2,(H,6,7);;;/q;+2;2*-1. The molecule has 0 bridgehead atoms. The molecular formula is C3H5CaFO3. The van der Waals surface area contributed by atoms with Crippen LogP contribution in [-0.2, 0) is 9.59 Å². The van der Waals surface area contributed by atoms with Crippen molar-refractivity contribution in [2.45, 2.75) is 0 Å². The molecule has 0 saturated heterocycles. The van der Waals surface area contributed by atoms with E-state index in [1.54, 1.807) is 0 Å². The van der Waals surface area contributed by atoms with Gasteiger partial charge in [0.2, 0.25) is 0 Å². The van der Waals surface area contributed by atoms with Crippen LogP contribution in [0.3, 0.4) is 0 Å². The number of ketones is 1. The van der Waals surface area contributed by atoms with Gasteiger partial charge in [0, 0.05) is 0 Å². The molecule has 44 valence electrons. The summed E-state index contributed by atoms with van der Waals surface area (Å²) in [7, 11) is 0. The molecule has 0 aromatic carbocycles.